The quantitative estimate of drug-likeness (QED) is 0.448. The van der Waals surface area contributed by atoms with Gasteiger partial charge < -0.3 is 25.0 Å². The fraction of sp³-hybridized carbons (Fsp3) is 0.640. The summed E-state index contributed by atoms with van der Waals surface area (Å²) in [6.45, 7) is 7.77. The van der Waals surface area contributed by atoms with Crippen molar-refractivity contribution in [3.63, 3.8) is 0 Å². The van der Waals surface area contributed by atoms with E-state index < -0.39 is 5.60 Å². The molecule has 0 aromatic carbocycles. The molecule has 3 aromatic rings. The molecule has 5 unspecified atom stereocenters. The summed E-state index contributed by atoms with van der Waals surface area (Å²) in [5, 5.41) is 26.2. The number of aliphatic hydroxyl groups is 1. The van der Waals surface area contributed by atoms with Gasteiger partial charge in [0.05, 0.1) is 23.6 Å². The van der Waals surface area contributed by atoms with Crippen molar-refractivity contribution in [1.82, 2.24) is 24.7 Å². The van der Waals surface area contributed by atoms with E-state index in [0.717, 1.165) is 67.1 Å². The summed E-state index contributed by atoms with van der Waals surface area (Å²) in [4.78, 5) is 9.93. The molecule has 34 heavy (non-hydrogen) atoms. The second kappa shape index (κ2) is 8.23. The van der Waals surface area contributed by atoms with Gasteiger partial charge in [-0.25, -0.2) is 0 Å². The van der Waals surface area contributed by atoms with Crippen LogP contribution in [0.15, 0.2) is 18.3 Å². The third-order valence-corrected chi connectivity index (χ3v) is 8.01. The Kier molecular flexibility index (Phi) is 5.29. The van der Waals surface area contributed by atoms with Gasteiger partial charge in [-0.15, -0.1) is 0 Å². The smallest absolute Gasteiger partial charge is 0.226 e. The van der Waals surface area contributed by atoms with Crippen LogP contribution in [-0.2, 0) is 4.74 Å². The zero-order valence-electron chi connectivity index (χ0n) is 20.2. The number of aromatic amines is 1. The van der Waals surface area contributed by atoms with Crippen molar-refractivity contribution in [3.8, 4) is 0 Å². The number of hydrogen-bond acceptors (Lipinski definition) is 7. The van der Waals surface area contributed by atoms with Crippen LogP contribution in [-0.4, -0.2) is 54.7 Å². The third kappa shape index (κ3) is 4.05. The molecule has 3 aliphatic rings. The highest BCUT2D eigenvalue weighted by Crippen LogP contribution is 2.47. The van der Waals surface area contributed by atoms with E-state index in [9.17, 15) is 5.11 Å². The highest BCUT2D eigenvalue weighted by atomic mass is 16.5. The Balaban J connectivity index is 1.37. The number of rotatable bonds is 5. The van der Waals surface area contributed by atoms with Crippen LogP contribution in [0.2, 0.25) is 0 Å². The zero-order valence-corrected chi connectivity index (χ0v) is 20.2. The Labute approximate surface area is 199 Å². The van der Waals surface area contributed by atoms with Crippen LogP contribution in [0, 0.1) is 24.7 Å². The maximum atomic E-state index is 10.8. The lowest BCUT2D eigenvalue weighted by molar-refractivity contribution is -0.0502. The lowest BCUT2D eigenvalue weighted by atomic mass is 9.61. The SMILES string of the molecule is Cc1cc(Nc2nc(NC3C(C)CC4CC3CC(C)(O)C4)nc3c2ccn3[C@H]2CCOC2)n[nH]1. The summed E-state index contributed by atoms with van der Waals surface area (Å²) in [6.07, 6.45) is 7.10. The largest absolute Gasteiger partial charge is 0.390 e. The van der Waals surface area contributed by atoms with Gasteiger partial charge in [0.2, 0.25) is 5.95 Å². The van der Waals surface area contributed by atoms with E-state index in [4.69, 9.17) is 14.7 Å². The molecule has 2 bridgehead atoms. The first-order valence-corrected chi connectivity index (χ1v) is 12.6. The van der Waals surface area contributed by atoms with Crippen LogP contribution >= 0.6 is 0 Å². The van der Waals surface area contributed by atoms with E-state index in [-0.39, 0.29) is 12.1 Å². The number of aryl methyl sites for hydroxylation is 1. The van der Waals surface area contributed by atoms with Gasteiger partial charge in [-0.3, -0.25) is 5.10 Å². The molecule has 6 rings (SSSR count). The first-order valence-electron chi connectivity index (χ1n) is 12.6. The second-order valence-electron chi connectivity index (χ2n) is 11.1. The normalized spacial score (nSPS) is 33.4. The molecule has 3 aromatic heterocycles. The average Bonchev–Trinajstić information content (AvgIpc) is 3.50. The van der Waals surface area contributed by atoms with Crippen molar-refractivity contribution >= 4 is 28.6 Å². The average molecular weight is 466 g/mol. The monoisotopic (exact) mass is 465 g/mol. The van der Waals surface area contributed by atoms with Gasteiger partial charge in [0.15, 0.2) is 5.82 Å². The molecule has 182 valence electrons. The first kappa shape index (κ1) is 21.9. The van der Waals surface area contributed by atoms with Crippen LogP contribution in [0.3, 0.4) is 0 Å². The standard InChI is InChI=1S/C25H35N7O2/c1-14-8-16-10-17(12-25(3,33)11-16)21(14)27-24-28-22(26-20-9-15(2)30-31-20)19-4-6-32(23(19)29-24)18-5-7-34-13-18/h4,6,9,14,16-18,21,33H,5,7-8,10-13H2,1-3H3,(H3,26,27,28,29,30,31)/t14?,16?,17?,18-,21?,25?/m0/s1. The minimum atomic E-state index is -0.583. The van der Waals surface area contributed by atoms with Gasteiger partial charge in [0, 0.05) is 30.6 Å². The highest BCUT2D eigenvalue weighted by Gasteiger charge is 2.45. The number of anilines is 3. The predicted octanol–water partition coefficient (Wildman–Crippen LogP) is 4.16. The van der Waals surface area contributed by atoms with Crippen molar-refractivity contribution in [1.29, 1.82) is 0 Å². The Morgan fingerprint density at radius 3 is 2.91 bits per heavy atom. The van der Waals surface area contributed by atoms with Gasteiger partial charge in [0.25, 0.3) is 0 Å². The van der Waals surface area contributed by atoms with Crippen LogP contribution in [0.5, 0.6) is 0 Å². The Hall–Kier alpha value is -2.65. The molecule has 9 heteroatoms. The molecular formula is C25H35N7O2. The summed E-state index contributed by atoms with van der Waals surface area (Å²) < 4.78 is 7.88. The van der Waals surface area contributed by atoms with E-state index in [2.05, 4.69) is 44.6 Å². The Morgan fingerprint density at radius 2 is 2.15 bits per heavy atom. The lowest BCUT2D eigenvalue weighted by Gasteiger charge is -2.49. The lowest BCUT2D eigenvalue weighted by Crippen LogP contribution is -2.50. The first-order chi connectivity index (χ1) is 16.3. The molecule has 2 aliphatic carbocycles. The van der Waals surface area contributed by atoms with Crippen LogP contribution in [0.1, 0.15) is 57.7 Å². The number of ether oxygens (including phenoxy) is 1. The second-order valence-corrected chi connectivity index (χ2v) is 11.1. The molecule has 0 radical (unpaired) electrons. The predicted molar refractivity (Wildman–Crippen MR) is 131 cm³/mol. The van der Waals surface area contributed by atoms with Gasteiger partial charge in [-0.2, -0.15) is 15.1 Å². The molecule has 2 saturated carbocycles. The van der Waals surface area contributed by atoms with Gasteiger partial charge in [-0.1, -0.05) is 6.92 Å². The molecule has 1 aliphatic heterocycles. The molecule has 0 spiro atoms. The Morgan fingerprint density at radius 1 is 1.26 bits per heavy atom. The number of fused-ring (bicyclic) bond motifs is 3. The molecule has 6 atom stereocenters. The molecular weight excluding hydrogens is 430 g/mol. The molecule has 0 amide bonds. The van der Waals surface area contributed by atoms with E-state index in [1.807, 2.05) is 19.9 Å². The van der Waals surface area contributed by atoms with Gasteiger partial charge in [0.1, 0.15) is 11.5 Å². The van der Waals surface area contributed by atoms with Crippen molar-refractivity contribution in [2.45, 2.75) is 70.6 Å². The Bertz CT molecular complexity index is 1180. The minimum absolute atomic E-state index is 0.235. The van der Waals surface area contributed by atoms with E-state index in [1.165, 1.54) is 0 Å². The van der Waals surface area contributed by atoms with Crippen molar-refractivity contribution < 1.29 is 9.84 Å². The van der Waals surface area contributed by atoms with Crippen LogP contribution in [0.25, 0.3) is 11.0 Å². The molecule has 4 heterocycles. The molecule has 4 N–H and O–H groups in total. The summed E-state index contributed by atoms with van der Waals surface area (Å²) in [5.74, 6) is 3.62. The fourth-order valence-electron chi connectivity index (χ4n) is 6.70. The summed E-state index contributed by atoms with van der Waals surface area (Å²) in [5.41, 5.74) is 1.31. The molecule has 9 nitrogen and oxygen atoms in total. The topological polar surface area (TPSA) is 113 Å². The number of hydrogen-bond donors (Lipinski definition) is 4. The van der Waals surface area contributed by atoms with Crippen molar-refractivity contribution in [2.24, 2.45) is 17.8 Å². The number of nitrogens with zero attached hydrogens (tertiary/aromatic N) is 4. The number of aromatic nitrogens is 5. The number of nitrogens with one attached hydrogen (secondary N) is 3. The summed E-state index contributed by atoms with van der Waals surface area (Å²) >= 11 is 0. The molecule has 3 fully saturated rings. The maximum Gasteiger partial charge on any atom is 0.226 e. The van der Waals surface area contributed by atoms with Crippen molar-refractivity contribution in [2.75, 3.05) is 23.8 Å². The van der Waals surface area contributed by atoms with E-state index >= 15 is 0 Å². The van der Waals surface area contributed by atoms with Crippen LogP contribution in [0.4, 0.5) is 17.6 Å². The van der Waals surface area contributed by atoms with E-state index in [1.54, 1.807) is 0 Å². The third-order valence-electron chi connectivity index (χ3n) is 8.01. The van der Waals surface area contributed by atoms with E-state index in [0.29, 0.717) is 30.3 Å². The highest BCUT2D eigenvalue weighted by molar-refractivity contribution is 5.90. The fourth-order valence-corrected chi connectivity index (χ4v) is 6.70. The zero-order chi connectivity index (χ0) is 23.4. The molecule has 1 saturated heterocycles. The summed E-state index contributed by atoms with van der Waals surface area (Å²) in [7, 11) is 0. The maximum absolute atomic E-state index is 10.8. The van der Waals surface area contributed by atoms with Gasteiger partial charge >= 0.3 is 0 Å². The van der Waals surface area contributed by atoms with Crippen molar-refractivity contribution in [3.05, 3.63) is 24.0 Å². The minimum Gasteiger partial charge on any atom is -0.390 e. The van der Waals surface area contributed by atoms with Crippen LogP contribution < -0.4 is 10.6 Å². The number of H-pyrrole nitrogens is 1. The van der Waals surface area contributed by atoms with Gasteiger partial charge in [-0.05, 0) is 69.8 Å². The summed E-state index contributed by atoms with van der Waals surface area (Å²) in [6, 6.07) is 4.56.